The molecule has 0 aliphatic carbocycles. The number of benzene rings is 1. The van der Waals surface area contributed by atoms with Gasteiger partial charge in [-0.25, -0.2) is 4.39 Å². The van der Waals surface area contributed by atoms with E-state index in [0.717, 1.165) is 6.42 Å². The molecule has 3 nitrogen and oxygen atoms in total. The molecule has 0 unspecified atom stereocenters. The van der Waals surface area contributed by atoms with E-state index in [1.165, 1.54) is 12.1 Å². The molecule has 0 atom stereocenters. The molecule has 94 valence electrons. The van der Waals surface area contributed by atoms with Gasteiger partial charge in [-0.15, -0.1) is 0 Å². The molecular weight excluding hydrogens is 299 g/mol. The summed E-state index contributed by atoms with van der Waals surface area (Å²) < 4.78 is 15.9. The SMILES string of the molecule is CCCn1nccc1C(=O)c1ccc(Br)cc1F. The lowest BCUT2D eigenvalue weighted by Crippen LogP contribution is -2.12. The number of aromatic nitrogens is 2. The van der Waals surface area contributed by atoms with Crippen LogP contribution in [0.15, 0.2) is 34.9 Å². The van der Waals surface area contributed by atoms with Gasteiger partial charge in [-0.1, -0.05) is 22.9 Å². The smallest absolute Gasteiger partial charge is 0.213 e. The van der Waals surface area contributed by atoms with E-state index in [1.54, 1.807) is 23.0 Å². The minimum atomic E-state index is -0.529. The molecule has 0 spiro atoms. The molecule has 0 N–H and O–H groups in total. The minimum Gasteiger partial charge on any atom is -0.287 e. The molecule has 0 aliphatic rings. The lowest BCUT2D eigenvalue weighted by molar-refractivity contribution is 0.102. The van der Waals surface area contributed by atoms with E-state index < -0.39 is 5.82 Å². The van der Waals surface area contributed by atoms with Gasteiger partial charge in [0.05, 0.1) is 5.56 Å². The molecule has 0 saturated heterocycles. The van der Waals surface area contributed by atoms with Gasteiger partial charge < -0.3 is 0 Å². The first-order chi connectivity index (χ1) is 8.63. The van der Waals surface area contributed by atoms with Gasteiger partial charge in [-0.05, 0) is 30.7 Å². The van der Waals surface area contributed by atoms with Crippen LogP contribution in [-0.4, -0.2) is 15.6 Å². The van der Waals surface area contributed by atoms with E-state index >= 15 is 0 Å². The summed E-state index contributed by atoms with van der Waals surface area (Å²) in [7, 11) is 0. The molecular formula is C13H12BrFN2O. The summed E-state index contributed by atoms with van der Waals surface area (Å²) in [5.41, 5.74) is 0.481. The van der Waals surface area contributed by atoms with Crippen LogP contribution < -0.4 is 0 Å². The normalized spacial score (nSPS) is 10.6. The fourth-order valence-corrected chi connectivity index (χ4v) is 2.06. The second kappa shape index (κ2) is 5.44. The lowest BCUT2D eigenvalue weighted by Gasteiger charge is -2.06. The number of aryl methyl sites for hydroxylation is 1. The van der Waals surface area contributed by atoms with Gasteiger partial charge in [-0.3, -0.25) is 9.48 Å². The zero-order valence-corrected chi connectivity index (χ0v) is 11.4. The Balaban J connectivity index is 2.38. The number of rotatable bonds is 4. The highest BCUT2D eigenvalue weighted by molar-refractivity contribution is 9.10. The van der Waals surface area contributed by atoms with Gasteiger partial charge in [0.15, 0.2) is 0 Å². The Kier molecular flexibility index (Phi) is 3.91. The van der Waals surface area contributed by atoms with Crippen molar-refractivity contribution >= 4 is 21.7 Å². The molecule has 0 saturated carbocycles. The van der Waals surface area contributed by atoms with Crippen molar-refractivity contribution in [1.29, 1.82) is 0 Å². The standard InChI is InChI=1S/C13H12BrFN2O/c1-2-7-17-12(5-6-16-17)13(18)10-4-3-9(14)8-11(10)15/h3-6,8H,2,7H2,1H3. The Morgan fingerprint density at radius 1 is 1.44 bits per heavy atom. The highest BCUT2D eigenvalue weighted by Crippen LogP contribution is 2.18. The van der Waals surface area contributed by atoms with Crippen LogP contribution in [0.5, 0.6) is 0 Å². The van der Waals surface area contributed by atoms with Crippen LogP contribution in [0.3, 0.4) is 0 Å². The fraction of sp³-hybridized carbons (Fsp3) is 0.231. The summed E-state index contributed by atoms with van der Waals surface area (Å²) in [6.07, 6.45) is 2.42. The fourth-order valence-electron chi connectivity index (χ4n) is 1.73. The van der Waals surface area contributed by atoms with Crippen LogP contribution in [0.4, 0.5) is 4.39 Å². The van der Waals surface area contributed by atoms with Crippen LogP contribution in [0, 0.1) is 5.82 Å². The maximum Gasteiger partial charge on any atom is 0.213 e. The van der Waals surface area contributed by atoms with Crippen molar-refractivity contribution in [2.24, 2.45) is 0 Å². The molecule has 2 rings (SSSR count). The molecule has 5 heteroatoms. The molecule has 0 radical (unpaired) electrons. The number of carbonyl (C=O) groups is 1. The van der Waals surface area contributed by atoms with Crippen LogP contribution >= 0.6 is 15.9 Å². The van der Waals surface area contributed by atoms with E-state index in [0.29, 0.717) is 16.7 Å². The number of nitrogens with zero attached hydrogens (tertiary/aromatic N) is 2. The first kappa shape index (κ1) is 13.0. The highest BCUT2D eigenvalue weighted by atomic mass is 79.9. The van der Waals surface area contributed by atoms with E-state index in [2.05, 4.69) is 21.0 Å². The van der Waals surface area contributed by atoms with Crippen molar-refractivity contribution in [2.75, 3.05) is 0 Å². The summed E-state index contributed by atoms with van der Waals surface area (Å²) in [6, 6.07) is 6.02. The Morgan fingerprint density at radius 2 is 2.22 bits per heavy atom. The molecule has 0 fully saturated rings. The van der Waals surface area contributed by atoms with Gasteiger partial charge in [0.2, 0.25) is 5.78 Å². The Labute approximate surface area is 113 Å². The average Bonchev–Trinajstić information content (AvgIpc) is 2.77. The first-order valence-corrected chi connectivity index (χ1v) is 6.44. The molecule has 1 aromatic carbocycles. The van der Waals surface area contributed by atoms with E-state index in [4.69, 9.17) is 0 Å². The second-order valence-corrected chi connectivity index (χ2v) is 4.81. The van der Waals surface area contributed by atoms with Crippen molar-refractivity contribution in [3.63, 3.8) is 0 Å². The molecule has 0 aliphatic heterocycles. The van der Waals surface area contributed by atoms with Gasteiger partial charge in [0.1, 0.15) is 11.5 Å². The van der Waals surface area contributed by atoms with Gasteiger partial charge in [0, 0.05) is 17.2 Å². The first-order valence-electron chi connectivity index (χ1n) is 5.65. The second-order valence-electron chi connectivity index (χ2n) is 3.89. The summed E-state index contributed by atoms with van der Waals surface area (Å²) in [5, 5.41) is 4.06. The van der Waals surface area contributed by atoms with Crippen molar-refractivity contribution in [3.8, 4) is 0 Å². The maximum atomic E-state index is 13.7. The molecule has 0 bridgehead atoms. The zero-order chi connectivity index (χ0) is 13.1. The summed E-state index contributed by atoms with van der Waals surface area (Å²) in [5.74, 6) is -0.871. The lowest BCUT2D eigenvalue weighted by atomic mass is 10.1. The number of hydrogen-bond acceptors (Lipinski definition) is 2. The van der Waals surface area contributed by atoms with Crippen LogP contribution in [0.1, 0.15) is 29.4 Å². The van der Waals surface area contributed by atoms with Crippen molar-refractivity contribution in [2.45, 2.75) is 19.9 Å². The van der Waals surface area contributed by atoms with Gasteiger partial charge in [-0.2, -0.15) is 5.10 Å². The molecule has 0 amide bonds. The predicted molar refractivity (Wildman–Crippen MR) is 70.1 cm³/mol. The Hall–Kier alpha value is -1.49. The number of hydrogen-bond donors (Lipinski definition) is 0. The molecule has 2 aromatic rings. The topological polar surface area (TPSA) is 34.9 Å². The van der Waals surface area contributed by atoms with E-state index in [1.807, 2.05) is 6.92 Å². The largest absolute Gasteiger partial charge is 0.287 e. The molecule has 1 aromatic heterocycles. The van der Waals surface area contributed by atoms with Gasteiger partial charge in [0.25, 0.3) is 0 Å². The summed E-state index contributed by atoms with van der Waals surface area (Å²) in [4.78, 5) is 12.2. The number of carbonyl (C=O) groups excluding carboxylic acids is 1. The Morgan fingerprint density at radius 3 is 2.89 bits per heavy atom. The summed E-state index contributed by atoms with van der Waals surface area (Å²) >= 11 is 3.16. The van der Waals surface area contributed by atoms with Crippen molar-refractivity contribution in [1.82, 2.24) is 9.78 Å². The third kappa shape index (κ3) is 2.51. The molecule has 18 heavy (non-hydrogen) atoms. The highest BCUT2D eigenvalue weighted by Gasteiger charge is 2.17. The summed E-state index contributed by atoms with van der Waals surface area (Å²) in [6.45, 7) is 2.64. The third-order valence-corrected chi connectivity index (χ3v) is 3.05. The Bertz CT molecular complexity index is 580. The third-order valence-electron chi connectivity index (χ3n) is 2.56. The van der Waals surface area contributed by atoms with E-state index in [-0.39, 0.29) is 11.3 Å². The zero-order valence-electron chi connectivity index (χ0n) is 9.86. The average molecular weight is 311 g/mol. The predicted octanol–water partition coefficient (Wildman–Crippen LogP) is 3.43. The number of halogens is 2. The quantitative estimate of drug-likeness (QED) is 0.811. The van der Waals surface area contributed by atoms with E-state index in [9.17, 15) is 9.18 Å². The van der Waals surface area contributed by atoms with Gasteiger partial charge >= 0.3 is 0 Å². The van der Waals surface area contributed by atoms with Crippen molar-refractivity contribution in [3.05, 3.63) is 52.0 Å². The minimum absolute atomic E-state index is 0.0658. The van der Waals surface area contributed by atoms with Crippen molar-refractivity contribution < 1.29 is 9.18 Å². The van der Waals surface area contributed by atoms with Crippen LogP contribution in [-0.2, 0) is 6.54 Å². The monoisotopic (exact) mass is 310 g/mol. The van der Waals surface area contributed by atoms with Crippen LogP contribution in [0.2, 0.25) is 0 Å². The van der Waals surface area contributed by atoms with Crippen LogP contribution in [0.25, 0.3) is 0 Å². The molecule has 1 heterocycles. The number of ketones is 1. The maximum absolute atomic E-state index is 13.7.